The molecular weight excluding hydrogens is 310 g/mol. The second-order valence-corrected chi connectivity index (χ2v) is 6.34. The largest absolute Gasteiger partial charge is 0.325 e. The lowest BCUT2D eigenvalue weighted by atomic mass is 10.1. The number of aromatic nitrogens is 2. The summed E-state index contributed by atoms with van der Waals surface area (Å²) in [7, 11) is 0. The Hall–Kier alpha value is -2.60. The van der Waals surface area contributed by atoms with Gasteiger partial charge in [-0.1, -0.05) is 48.2 Å². The molecule has 0 aliphatic heterocycles. The minimum Gasteiger partial charge on any atom is -0.325 e. The van der Waals surface area contributed by atoms with Gasteiger partial charge in [0.1, 0.15) is 0 Å². The van der Waals surface area contributed by atoms with Crippen LogP contribution in [0.3, 0.4) is 0 Å². The van der Waals surface area contributed by atoms with Crippen molar-refractivity contribution in [1.29, 1.82) is 0 Å². The first-order valence-electron chi connectivity index (χ1n) is 7.14. The van der Waals surface area contributed by atoms with Gasteiger partial charge in [-0.3, -0.25) is 9.59 Å². The highest BCUT2D eigenvalue weighted by Gasteiger charge is 2.16. The molecule has 6 heteroatoms. The van der Waals surface area contributed by atoms with Gasteiger partial charge in [-0.2, -0.15) is 0 Å². The topological polar surface area (TPSA) is 74.8 Å². The summed E-state index contributed by atoms with van der Waals surface area (Å²) in [6.45, 7) is 1.78. The number of hydrogen-bond acceptors (Lipinski definition) is 4. The summed E-state index contributed by atoms with van der Waals surface area (Å²) >= 11 is 1.21. The van der Waals surface area contributed by atoms with Crippen molar-refractivity contribution < 1.29 is 4.79 Å². The third kappa shape index (κ3) is 3.60. The van der Waals surface area contributed by atoms with E-state index in [0.717, 1.165) is 16.5 Å². The number of carbonyl (C=O) groups is 1. The van der Waals surface area contributed by atoms with Crippen molar-refractivity contribution in [2.24, 2.45) is 0 Å². The molecular formula is C17H15N3O2S. The Morgan fingerprint density at radius 2 is 1.96 bits per heavy atom. The maximum absolute atomic E-state index is 12.4. The van der Waals surface area contributed by atoms with Crippen molar-refractivity contribution in [2.45, 2.75) is 17.3 Å². The van der Waals surface area contributed by atoms with Crippen LogP contribution in [0.2, 0.25) is 0 Å². The lowest BCUT2D eigenvalue weighted by molar-refractivity contribution is -0.115. The molecule has 0 spiro atoms. The molecule has 0 bridgehead atoms. The van der Waals surface area contributed by atoms with Gasteiger partial charge in [0.2, 0.25) is 5.91 Å². The summed E-state index contributed by atoms with van der Waals surface area (Å²) in [5.41, 5.74) is 0.541. The Morgan fingerprint density at radius 3 is 2.78 bits per heavy atom. The number of benzene rings is 2. The normalized spacial score (nSPS) is 12.0. The molecule has 3 rings (SSSR count). The molecule has 0 unspecified atom stereocenters. The van der Waals surface area contributed by atoms with Crippen molar-refractivity contribution >= 4 is 34.1 Å². The summed E-state index contributed by atoms with van der Waals surface area (Å²) in [5, 5.41) is 5.04. The van der Waals surface area contributed by atoms with E-state index in [1.165, 1.54) is 24.0 Å². The molecule has 1 aromatic heterocycles. The van der Waals surface area contributed by atoms with Gasteiger partial charge < -0.3 is 10.3 Å². The van der Waals surface area contributed by atoms with Crippen LogP contribution in [-0.4, -0.2) is 21.1 Å². The smallest absolute Gasteiger partial charge is 0.251 e. The number of carbonyl (C=O) groups excluding carboxylic acids is 1. The molecule has 1 heterocycles. The van der Waals surface area contributed by atoms with Crippen LogP contribution >= 0.6 is 11.8 Å². The zero-order valence-corrected chi connectivity index (χ0v) is 13.3. The first-order chi connectivity index (χ1) is 11.1. The highest BCUT2D eigenvalue weighted by atomic mass is 32.2. The predicted octanol–water partition coefficient (Wildman–Crippen LogP) is 3.04. The lowest BCUT2D eigenvalue weighted by Gasteiger charge is -2.13. The number of amides is 1. The van der Waals surface area contributed by atoms with Crippen LogP contribution in [0.25, 0.3) is 10.8 Å². The van der Waals surface area contributed by atoms with Gasteiger partial charge in [0.05, 0.1) is 5.25 Å². The van der Waals surface area contributed by atoms with E-state index in [1.54, 1.807) is 6.92 Å². The van der Waals surface area contributed by atoms with Crippen molar-refractivity contribution in [2.75, 3.05) is 5.32 Å². The average Bonchev–Trinajstić information content (AvgIpc) is 2.55. The van der Waals surface area contributed by atoms with E-state index >= 15 is 0 Å². The van der Waals surface area contributed by atoms with Gasteiger partial charge in [-0.25, -0.2) is 4.98 Å². The Kier molecular flexibility index (Phi) is 4.43. The van der Waals surface area contributed by atoms with E-state index in [1.807, 2.05) is 42.5 Å². The van der Waals surface area contributed by atoms with Crippen LogP contribution in [0.5, 0.6) is 0 Å². The van der Waals surface area contributed by atoms with Crippen LogP contribution < -0.4 is 10.9 Å². The zero-order valence-electron chi connectivity index (χ0n) is 12.4. The quantitative estimate of drug-likeness (QED) is 0.571. The Balaban J connectivity index is 1.76. The van der Waals surface area contributed by atoms with E-state index in [4.69, 9.17) is 0 Å². The fourth-order valence-electron chi connectivity index (χ4n) is 2.20. The predicted molar refractivity (Wildman–Crippen MR) is 92.8 cm³/mol. The van der Waals surface area contributed by atoms with E-state index < -0.39 is 0 Å². The zero-order chi connectivity index (χ0) is 16.2. The molecule has 0 radical (unpaired) electrons. The lowest BCUT2D eigenvalue weighted by Crippen LogP contribution is -2.23. The van der Waals surface area contributed by atoms with Crippen LogP contribution in [-0.2, 0) is 4.79 Å². The highest BCUT2D eigenvalue weighted by Crippen LogP contribution is 2.25. The molecule has 2 aromatic carbocycles. The summed E-state index contributed by atoms with van der Waals surface area (Å²) in [6.07, 6.45) is 1.43. The Morgan fingerprint density at radius 1 is 1.17 bits per heavy atom. The van der Waals surface area contributed by atoms with E-state index in [2.05, 4.69) is 15.3 Å². The maximum Gasteiger partial charge on any atom is 0.251 e. The van der Waals surface area contributed by atoms with Gasteiger partial charge in [-0.05, 0) is 18.4 Å². The molecule has 116 valence electrons. The highest BCUT2D eigenvalue weighted by molar-refractivity contribution is 8.00. The SMILES string of the molecule is C[C@H](Sc1nccc(=O)[nH]1)C(=O)Nc1cccc2ccccc12. The van der Waals surface area contributed by atoms with E-state index in [-0.39, 0.29) is 16.7 Å². The first kappa shape index (κ1) is 15.3. The van der Waals surface area contributed by atoms with Gasteiger partial charge >= 0.3 is 0 Å². The number of hydrogen-bond donors (Lipinski definition) is 2. The average molecular weight is 325 g/mol. The number of nitrogens with zero attached hydrogens (tertiary/aromatic N) is 1. The monoisotopic (exact) mass is 325 g/mol. The van der Waals surface area contributed by atoms with Crippen molar-refractivity contribution in [3.05, 3.63) is 65.1 Å². The van der Waals surface area contributed by atoms with E-state index in [0.29, 0.717) is 5.16 Å². The number of anilines is 1. The summed E-state index contributed by atoms with van der Waals surface area (Å²) in [5.74, 6) is -0.141. The van der Waals surface area contributed by atoms with Gasteiger partial charge in [0.15, 0.2) is 5.16 Å². The number of nitrogens with one attached hydrogen (secondary N) is 2. The molecule has 3 aromatic rings. The molecule has 0 aliphatic rings. The van der Waals surface area contributed by atoms with Crippen LogP contribution in [0.1, 0.15) is 6.92 Å². The van der Waals surface area contributed by atoms with Gasteiger partial charge in [-0.15, -0.1) is 0 Å². The molecule has 0 saturated heterocycles. The number of thioether (sulfide) groups is 1. The molecule has 23 heavy (non-hydrogen) atoms. The molecule has 1 amide bonds. The van der Waals surface area contributed by atoms with E-state index in [9.17, 15) is 9.59 Å². The molecule has 0 fully saturated rings. The molecule has 2 N–H and O–H groups in total. The minimum absolute atomic E-state index is 0.141. The van der Waals surface area contributed by atoms with Gasteiger partial charge in [0.25, 0.3) is 5.56 Å². The Bertz CT molecular complexity index is 902. The molecule has 0 aliphatic carbocycles. The second-order valence-electron chi connectivity index (χ2n) is 5.02. The van der Waals surface area contributed by atoms with Crippen LogP contribution in [0, 0.1) is 0 Å². The van der Waals surface area contributed by atoms with Crippen molar-refractivity contribution in [3.63, 3.8) is 0 Å². The third-order valence-electron chi connectivity index (χ3n) is 3.35. The van der Waals surface area contributed by atoms with Crippen molar-refractivity contribution in [3.8, 4) is 0 Å². The molecule has 0 saturated carbocycles. The number of H-pyrrole nitrogens is 1. The maximum atomic E-state index is 12.4. The number of rotatable bonds is 4. The van der Waals surface area contributed by atoms with Crippen LogP contribution in [0.15, 0.2) is 64.7 Å². The number of aromatic amines is 1. The summed E-state index contributed by atoms with van der Waals surface area (Å²) in [6, 6.07) is 15.0. The van der Waals surface area contributed by atoms with Crippen LogP contribution in [0.4, 0.5) is 5.69 Å². The minimum atomic E-state index is -0.389. The summed E-state index contributed by atoms with van der Waals surface area (Å²) in [4.78, 5) is 30.3. The Labute approximate surface area is 137 Å². The fraction of sp³-hybridized carbons (Fsp3) is 0.118. The van der Waals surface area contributed by atoms with Crippen molar-refractivity contribution in [1.82, 2.24) is 9.97 Å². The van der Waals surface area contributed by atoms with Gasteiger partial charge in [0, 0.05) is 23.3 Å². The number of fused-ring (bicyclic) bond motifs is 1. The third-order valence-corrected chi connectivity index (χ3v) is 4.35. The molecule has 5 nitrogen and oxygen atoms in total. The first-order valence-corrected chi connectivity index (χ1v) is 8.02. The fourth-order valence-corrected chi connectivity index (χ4v) is 2.98. The second kappa shape index (κ2) is 6.66. The molecule has 1 atom stereocenters. The standard InChI is InChI=1S/C17H15N3O2S/c1-11(23-17-18-10-9-15(21)20-17)16(22)19-14-8-4-6-12-5-2-3-7-13(12)14/h2-11H,1H3,(H,19,22)(H,18,20,21)/t11-/m0/s1. The summed E-state index contributed by atoms with van der Waals surface area (Å²) < 4.78 is 0.